The van der Waals surface area contributed by atoms with E-state index in [1.165, 1.54) is 4.90 Å². The van der Waals surface area contributed by atoms with Crippen LogP contribution in [-0.4, -0.2) is 27.9 Å². The zero-order chi connectivity index (χ0) is 13.1. The second kappa shape index (κ2) is 4.92. The first-order valence-corrected chi connectivity index (χ1v) is 5.66. The van der Waals surface area contributed by atoms with Crippen LogP contribution in [0.25, 0.3) is 0 Å². The van der Waals surface area contributed by atoms with Crippen molar-refractivity contribution in [2.24, 2.45) is 0 Å². The number of carbonyl (C=O) groups excluding carboxylic acids is 1. The van der Waals surface area contributed by atoms with Crippen molar-refractivity contribution < 1.29 is 14.7 Å². The number of carbonyl (C=O) groups is 2. The van der Waals surface area contributed by atoms with Gasteiger partial charge in [0.2, 0.25) is 0 Å². The minimum Gasteiger partial charge on any atom is -0.480 e. The Morgan fingerprint density at radius 1 is 1.33 bits per heavy atom. The molecule has 92 valence electrons. The first-order chi connectivity index (χ1) is 8.63. The highest BCUT2D eigenvalue weighted by Crippen LogP contribution is 2.23. The number of hydrogen-bond donors (Lipinski definition) is 1. The largest absolute Gasteiger partial charge is 0.480 e. The lowest BCUT2D eigenvalue weighted by Gasteiger charge is -2.33. The molecule has 0 saturated carbocycles. The molecule has 1 aliphatic rings. The molecule has 4 nitrogen and oxygen atoms in total. The molecule has 18 heavy (non-hydrogen) atoms. The maximum atomic E-state index is 11.8. The Morgan fingerprint density at radius 2 is 2.00 bits per heavy atom. The highest BCUT2D eigenvalue weighted by molar-refractivity contribution is 5.96. The van der Waals surface area contributed by atoms with Crippen LogP contribution in [0.4, 0.5) is 0 Å². The summed E-state index contributed by atoms with van der Waals surface area (Å²) in [6.45, 7) is 1.87. The number of fused-ring (bicyclic) bond motifs is 1. The van der Waals surface area contributed by atoms with E-state index in [0.717, 1.165) is 11.1 Å². The Morgan fingerprint density at radius 3 is 2.61 bits per heavy atom. The van der Waals surface area contributed by atoms with Crippen LogP contribution in [0.3, 0.4) is 0 Å². The van der Waals surface area contributed by atoms with Gasteiger partial charge in [-0.15, -0.1) is 0 Å². The molecule has 0 unspecified atom stereocenters. The number of carboxylic acids is 1. The van der Waals surface area contributed by atoms with Gasteiger partial charge in [-0.05, 0) is 24.0 Å². The van der Waals surface area contributed by atoms with E-state index in [9.17, 15) is 14.7 Å². The molecule has 1 amide bonds. The molecule has 0 bridgehead atoms. The van der Waals surface area contributed by atoms with Crippen LogP contribution in [0.1, 0.15) is 18.1 Å². The summed E-state index contributed by atoms with van der Waals surface area (Å²) in [7, 11) is 0. The molecule has 0 spiro atoms. The summed E-state index contributed by atoms with van der Waals surface area (Å²) in [6, 6.07) is 6.74. The molecule has 1 atom stereocenters. The summed E-state index contributed by atoms with van der Waals surface area (Å²) in [6.07, 6.45) is 0.336. The van der Waals surface area contributed by atoms with Gasteiger partial charge in [0.15, 0.2) is 0 Å². The number of aliphatic carboxylic acids is 1. The second-order valence-electron chi connectivity index (χ2n) is 4.13. The van der Waals surface area contributed by atoms with Crippen molar-refractivity contribution in [2.45, 2.75) is 25.9 Å². The molecule has 0 aromatic heterocycles. The molecule has 0 aliphatic carbocycles. The van der Waals surface area contributed by atoms with E-state index in [1.807, 2.05) is 24.3 Å². The zero-order valence-electron chi connectivity index (χ0n) is 10.0. The summed E-state index contributed by atoms with van der Waals surface area (Å²) in [5.41, 5.74) is 1.97. The van der Waals surface area contributed by atoms with E-state index < -0.39 is 17.9 Å². The van der Waals surface area contributed by atoms with Crippen LogP contribution in [0.15, 0.2) is 24.3 Å². The van der Waals surface area contributed by atoms with E-state index >= 15 is 0 Å². The van der Waals surface area contributed by atoms with Crippen molar-refractivity contribution in [3.05, 3.63) is 35.4 Å². The number of carboxylic acid groups (broad SMARTS) is 1. The maximum absolute atomic E-state index is 11.8. The molecule has 2 rings (SSSR count). The lowest BCUT2D eigenvalue weighted by Crippen LogP contribution is -2.48. The van der Waals surface area contributed by atoms with E-state index in [1.54, 1.807) is 6.92 Å². The van der Waals surface area contributed by atoms with Crippen molar-refractivity contribution in [2.75, 3.05) is 0 Å². The lowest BCUT2D eigenvalue weighted by molar-refractivity contribution is -0.149. The van der Waals surface area contributed by atoms with Crippen LogP contribution in [0, 0.1) is 11.8 Å². The third kappa shape index (κ3) is 2.21. The molecule has 1 aromatic rings. The Bertz CT molecular complexity index is 554. The predicted octanol–water partition coefficient (Wildman–Crippen LogP) is 1.05. The minimum absolute atomic E-state index is 0.306. The van der Waals surface area contributed by atoms with Crippen molar-refractivity contribution >= 4 is 11.9 Å². The summed E-state index contributed by atoms with van der Waals surface area (Å²) in [5, 5.41) is 9.21. The average Bonchev–Trinajstić information content (AvgIpc) is 2.37. The molecular formula is C14H13NO3. The molecule has 1 aromatic carbocycles. The first-order valence-electron chi connectivity index (χ1n) is 5.66. The van der Waals surface area contributed by atoms with Crippen LogP contribution >= 0.6 is 0 Å². The van der Waals surface area contributed by atoms with E-state index in [2.05, 4.69) is 11.8 Å². The van der Waals surface area contributed by atoms with E-state index in [-0.39, 0.29) is 0 Å². The van der Waals surface area contributed by atoms with Crippen molar-refractivity contribution in [3.63, 3.8) is 0 Å². The Hall–Kier alpha value is -2.28. The van der Waals surface area contributed by atoms with Gasteiger partial charge in [0.25, 0.3) is 5.91 Å². The third-order valence-corrected chi connectivity index (χ3v) is 3.03. The summed E-state index contributed by atoms with van der Waals surface area (Å²) in [4.78, 5) is 24.4. The molecule has 1 N–H and O–H groups in total. The molecule has 0 saturated heterocycles. The van der Waals surface area contributed by atoms with Gasteiger partial charge >= 0.3 is 5.97 Å². The lowest BCUT2D eigenvalue weighted by atomic mass is 9.94. The number of amides is 1. The topological polar surface area (TPSA) is 57.6 Å². The Balaban J connectivity index is 2.36. The summed E-state index contributed by atoms with van der Waals surface area (Å²) in [5.74, 6) is 3.50. The summed E-state index contributed by atoms with van der Waals surface area (Å²) < 4.78 is 0. The third-order valence-electron chi connectivity index (χ3n) is 3.03. The number of nitrogens with zero attached hydrogens (tertiary/aromatic N) is 1. The highest BCUT2D eigenvalue weighted by Gasteiger charge is 2.33. The fraction of sp³-hybridized carbons (Fsp3) is 0.286. The average molecular weight is 243 g/mol. The SMILES string of the molecule is CC#CC(=O)N1Cc2ccccc2C[C@H]1C(=O)O. The fourth-order valence-corrected chi connectivity index (χ4v) is 2.14. The van der Waals surface area contributed by atoms with Crippen molar-refractivity contribution in [1.82, 2.24) is 4.90 Å². The Kier molecular flexibility index (Phi) is 3.33. The van der Waals surface area contributed by atoms with Gasteiger partial charge in [-0.25, -0.2) is 4.79 Å². The van der Waals surface area contributed by atoms with Gasteiger partial charge in [0.1, 0.15) is 6.04 Å². The van der Waals surface area contributed by atoms with Crippen molar-refractivity contribution in [1.29, 1.82) is 0 Å². The number of benzene rings is 1. The van der Waals surface area contributed by atoms with Gasteiger partial charge in [-0.2, -0.15) is 0 Å². The van der Waals surface area contributed by atoms with Crippen LogP contribution in [-0.2, 0) is 22.6 Å². The zero-order valence-corrected chi connectivity index (χ0v) is 10.0. The second-order valence-corrected chi connectivity index (χ2v) is 4.13. The van der Waals surface area contributed by atoms with E-state index in [0.29, 0.717) is 13.0 Å². The molecule has 1 heterocycles. The molecule has 0 fully saturated rings. The van der Waals surface area contributed by atoms with E-state index in [4.69, 9.17) is 0 Å². The molecule has 4 heteroatoms. The normalized spacial score (nSPS) is 17.4. The van der Waals surface area contributed by atoms with Gasteiger partial charge in [0.05, 0.1) is 0 Å². The van der Waals surface area contributed by atoms with Gasteiger partial charge in [-0.3, -0.25) is 4.79 Å². The predicted molar refractivity (Wildman–Crippen MR) is 65.6 cm³/mol. The highest BCUT2D eigenvalue weighted by atomic mass is 16.4. The molecular weight excluding hydrogens is 230 g/mol. The van der Waals surface area contributed by atoms with Crippen LogP contribution in [0.2, 0.25) is 0 Å². The first kappa shape index (κ1) is 12.2. The number of hydrogen-bond acceptors (Lipinski definition) is 2. The van der Waals surface area contributed by atoms with Crippen LogP contribution in [0.5, 0.6) is 0 Å². The minimum atomic E-state index is -0.990. The number of rotatable bonds is 1. The van der Waals surface area contributed by atoms with Gasteiger partial charge in [0, 0.05) is 13.0 Å². The molecule has 0 radical (unpaired) electrons. The maximum Gasteiger partial charge on any atom is 0.326 e. The monoisotopic (exact) mass is 243 g/mol. The van der Waals surface area contributed by atoms with Crippen LogP contribution < -0.4 is 0 Å². The fourth-order valence-electron chi connectivity index (χ4n) is 2.14. The van der Waals surface area contributed by atoms with Gasteiger partial charge in [-0.1, -0.05) is 30.2 Å². The standard InChI is InChI=1S/C14H13NO3/c1-2-5-13(16)15-9-11-7-4-3-6-10(11)8-12(15)14(17)18/h3-4,6-7,12H,8-9H2,1H3,(H,17,18)/t12-/m0/s1. The summed E-state index contributed by atoms with van der Waals surface area (Å²) >= 11 is 0. The van der Waals surface area contributed by atoms with Gasteiger partial charge < -0.3 is 10.0 Å². The Labute approximate surface area is 105 Å². The smallest absolute Gasteiger partial charge is 0.326 e. The van der Waals surface area contributed by atoms with Crippen molar-refractivity contribution in [3.8, 4) is 11.8 Å². The molecule has 1 aliphatic heterocycles. The quantitative estimate of drug-likeness (QED) is 0.750.